The van der Waals surface area contributed by atoms with E-state index in [0.717, 1.165) is 0 Å². The van der Waals surface area contributed by atoms with Crippen molar-refractivity contribution in [3.05, 3.63) is 34.5 Å². The third kappa shape index (κ3) is 2.35. The maximum atomic E-state index is 12.5. The Morgan fingerprint density at radius 3 is 2.00 bits per heavy atom. The average molecular weight is 346 g/mol. The first-order valence-corrected chi connectivity index (χ1v) is 7.05. The quantitative estimate of drug-likeness (QED) is 0.568. The van der Waals surface area contributed by atoms with Gasteiger partial charge >= 0.3 is 0 Å². The zero-order valence-electron chi connectivity index (χ0n) is 13.2. The molecule has 0 saturated carbocycles. The molecule has 0 aliphatic heterocycles. The van der Waals surface area contributed by atoms with Gasteiger partial charge in [-0.3, -0.25) is 4.79 Å². The molecule has 8 nitrogen and oxygen atoms in total. The highest BCUT2D eigenvalue weighted by molar-refractivity contribution is 5.96. The lowest BCUT2D eigenvalue weighted by atomic mass is 10.1. The molecule has 8 heteroatoms. The summed E-state index contributed by atoms with van der Waals surface area (Å²) in [6, 6.07) is 5.54. The molecule has 130 valence electrons. The molecule has 0 spiro atoms. The highest BCUT2D eigenvalue weighted by Gasteiger charge is 2.27. The van der Waals surface area contributed by atoms with Crippen molar-refractivity contribution < 1.29 is 34.3 Å². The van der Waals surface area contributed by atoms with Gasteiger partial charge < -0.3 is 34.3 Å². The predicted molar refractivity (Wildman–Crippen MR) is 87.7 cm³/mol. The Balaban J connectivity index is 2.47. The fraction of sp³-hybridized carbons (Fsp3) is 0.118. The van der Waals surface area contributed by atoms with Gasteiger partial charge in [-0.25, -0.2) is 0 Å². The van der Waals surface area contributed by atoms with Gasteiger partial charge in [0.2, 0.25) is 28.4 Å². The molecule has 0 aliphatic carbocycles. The maximum absolute atomic E-state index is 12.5. The molecule has 2 aromatic carbocycles. The van der Waals surface area contributed by atoms with Gasteiger partial charge in [0.05, 0.1) is 14.2 Å². The van der Waals surface area contributed by atoms with Crippen LogP contribution in [-0.2, 0) is 0 Å². The van der Waals surface area contributed by atoms with Crippen LogP contribution in [-0.4, -0.2) is 34.6 Å². The number of hydrogen-bond donors (Lipinski definition) is 4. The molecule has 3 aromatic rings. The first kappa shape index (κ1) is 16.3. The highest BCUT2D eigenvalue weighted by Crippen LogP contribution is 2.50. The third-order valence-corrected chi connectivity index (χ3v) is 3.71. The Labute approximate surface area is 140 Å². The molecule has 0 atom stereocenters. The van der Waals surface area contributed by atoms with E-state index in [-0.39, 0.29) is 28.6 Å². The van der Waals surface area contributed by atoms with E-state index >= 15 is 0 Å². The van der Waals surface area contributed by atoms with Gasteiger partial charge in [0, 0.05) is 5.56 Å². The van der Waals surface area contributed by atoms with Crippen molar-refractivity contribution in [3.63, 3.8) is 0 Å². The van der Waals surface area contributed by atoms with E-state index in [0.29, 0.717) is 5.56 Å². The van der Waals surface area contributed by atoms with Gasteiger partial charge in [-0.2, -0.15) is 0 Å². The summed E-state index contributed by atoms with van der Waals surface area (Å²) in [6.07, 6.45) is 0. The largest absolute Gasteiger partial charge is 0.508 e. The second-order valence-corrected chi connectivity index (χ2v) is 5.12. The standard InChI is InChI=1S/C17H14O8/c1-23-16-11(20)9-10(19)12(21)14(7-3-5-8(18)6-4-7)25-15(9)17(24-2)13(16)22/h3-6,18,20-22H,1-2H3. The SMILES string of the molecule is COc1c(O)c(OC)c2oc(-c3ccc(O)cc3)c(O)c(=O)c2c1O. The first-order valence-electron chi connectivity index (χ1n) is 7.05. The number of methoxy groups -OCH3 is 2. The number of ether oxygens (including phenoxy) is 2. The van der Waals surface area contributed by atoms with Crippen LogP contribution in [0.2, 0.25) is 0 Å². The Kier molecular flexibility index (Phi) is 3.80. The van der Waals surface area contributed by atoms with Gasteiger partial charge in [-0.15, -0.1) is 0 Å². The molecule has 25 heavy (non-hydrogen) atoms. The van der Waals surface area contributed by atoms with Crippen molar-refractivity contribution in [3.8, 4) is 45.8 Å². The molecule has 0 amide bonds. The topological polar surface area (TPSA) is 130 Å². The summed E-state index contributed by atoms with van der Waals surface area (Å²) in [5.41, 5.74) is -0.895. The molecule has 4 N–H and O–H groups in total. The Morgan fingerprint density at radius 1 is 0.840 bits per heavy atom. The Bertz CT molecular complexity index is 1020. The van der Waals surface area contributed by atoms with Crippen molar-refractivity contribution in [1.29, 1.82) is 0 Å². The zero-order chi connectivity index (χ0) is 18.3. The minimum Gasteiger partial charge on any atom is -0.508 e. The van der Waals surface area contributed by atoms with Crippen molar-refractivity contribution >= 4 is 11.0 Å². The highest BCUT2D eigenvalue weighted by atomic mass is 16.5. The number of fused-ring (bicyclic) bond motifs is 1. The van der Waals surface area contributed by atoms with Gasteiger partial charge in [0.25, 0.3) is 0 Å². The fourth-order valence-corrected chi connectivity index (χ4v) is 2.53. The summed E-state index contributed by atoms with van der Waals surface area (Å²) in [7, 11) is 2.42. The van der Waals surface area contributed by atoms with Gasteiger partial charge in [-0.1, -0.05) is 0 Å². The zero-order valence-corrected chi connectivity index (χ0v) is 13.2. The van der Waals surface area contributed by atoms with E-state index < -0.39 is 28.1 Å². The molecule has 1 aromatic heterocycles. The maximum Gasteiger partial charge on any atom is 0.239 e. The lowest BCUT2D eigenvalue weighted by Crippen LogP contribution is -2.05. The summed E-state index contributed by atoms with van der Waals surface area (Å²) in [6.45, 7) is 0. The van der Waals surface area contributed by atoms with Crippen molar-refractivity contribution in [1.82, 2.24) is 0 Å². The van der Waals surface area contributed by atoms with E-state index in [1.54, 1.807) is 0 Å². The molecule has 0 bridgehead atoms. The summed E-state index contributed by atoms with van der Waals surface area (Å²) in [5.74, 6) is -2.82. The number of rotatable bonds is 3. The molecule has 0 saturated heterocycles. The van der Waals surface area contributed by atoms with E-state index in [4.69, 9.17) is 13.9 Å². The van der Waals surface area contributed by atoms with E-state index in [9.17, 15) is 25.2 Å². The lowest BCUT2D eigenvalue weighted by molar-refractivity contribution is 0.323. The predicted octanol–water partition coefficient (Wildman–Crippen LogP) is 2.30. The molecular weight excluding hydrogens is 332 g/mol. The van der Waals surface area contributed by atoms with E-state index in [1.807, 2.05) is 0 Å². The summed E-state index contributed by atoms with van der Waals surface area (Å²) in [4.78, 5) is 12.5. The molecule has 0 aliphatic rings. The number of hydrogen-bond acceptors (Lipinski definition) is 8. The second-order valence-electron chi connectivity index (χ2n) is 5.12. The van der Waals surface area contributed by atoms with Crippen LogP contribution in [0.5, 0.6) is 34.5 Å². The summed E-state index contributed by atoms with van der Waals surface area (Å²) >= 11 is 0. The molecule has 0 unspecified atom stereocenters. The average Bonchev–Trinajstić information content (AvgIpc) is 2.59. The smallest absolute Gasteiger partial charge is 0.239 e. The summed E-state index contributed by atoms with van der Waals surface area (Å²) < 4.78 is 15.5. The molecule has 0 radical (unpaired) electrons. The van der Waals surface area contributed by atoms with Crippen LogP contribution in [0.3, 0.4) is 0 Å². The molecule has 1 heterocycles. The van der Waals surface area contributed by atoms with Gasteiger partial charge in [0.15, 0.2) is 17.1 Å². The molecule has 3 rings (SSSR count). The van der Waals surface area contributed by atoms with Gasteiger partial charge in [0.1, 0.15) is 11.1 Å². The van der Waals surface area contributed by atoms with Crippen LogP contribution in [0, 0.1) is 0 Å². The van der Waals surface area contributed by atoms with Crippen LogP contribution in [0.1, 0.15) is 0 Å². The number of phenolic OH excluding ortho intramolecular Hbond substituents is 3. The lowest BCUT2D eigenvalue weighted by Gasteiger charge is -2.14. The second kappa shape index (κ2) is 5.82. The van der Waals surface area contributed by atoms with E-state index in [1.165, 1.54) is 38.5 Å². The van der Waals surface area contributed by atoms with Crippen LogP contribution in [0.15, 0.2) is 33.5 Å². The van der Waals surface area contributed by atoms with Crippen LogP contribution >= 0.6 is 0 Å². The van der Waals surface area contributed by atoms with Crippen LogP contribution in [0.4, 0.5) is 0 Å². The molecular formula is C17H14O8. The van der Waals surface area contributed by atoms with Crippen LogP contribution in [0.25, 0.3) is 22.3 Å². The minimum atomic E-state index is -0.932. The number of aromatic hydroxyl groups is 4. The fourth-order valence-electron chi connectivity index (χ4n) is 2.53. The Hall–Kier alpha value is -3.55. The van der Waals surface area contributed by atoms with Crippen molar-refractivity contribution in [2.75, 3.05) is 14.2 Å². The minimum absolute atomic E-state index is 0.0102. The monoisotopic (exact) mass is 346 g/mol. The van der Waals surface area contributed by atoms with E-state index in [2.05, 4.69) is 0 Å². The summed E-state index contributed by atoms with van der Waals surface area (Å²) in [5, 5.41) is 39.5. The van der Waals surface area contributed by atoms with Crippen LogP contribution < -0.4 is 14.9 Å². The van der Waals surface area contributed by atoms with Crippen molar-refractivity contribution in [2.45, 2.75) is 0 Å². The normalized spacial score (nSPS) is 10.8. The third-order valence-electron chi connectivity index (χ3n) is 3.71. The van der Waals surface area contributed by atoms with Gasteiger partial charge in [-0.05, 0) is 24.3 Å². The Morgan fingerprint density at radius 2 is 1.44 bits per heavy atom. The first-order chi connectivity index (χ1) is 11.9. The number of benzene rings is 2. The molecule has 0 fully saturated rings. The number of phenols is 3. The van der Waals surface area contributed by atoms with Crippen molar-refractivity contribution in [2.24, 2.45) is 0 Å².